The van der Waals surface area contributed by atoms with Crippen molar-refractivity contribution < 1.29 is 13.2 Å². The van der Waals surface area contributed by atoms with Gasteiger partial charge in [-0.05, 0) is 13.0 Å². The number of anilines is 1. The summed E-state index contributed by atoms with van der Waals surface area (Å²) in [6.07, 6.45) is -3.58. The maximum atomic E-state index is 12.5. The zero-order valence-electron chi connectivity index (χ0n) is 10.2. The lowest BCUT2D eigenvalue weighted by molar-refractivity contribution is -0.137. The standard InChI is InChI=1S/C11H13ClF3N3.ClH/c1-7-5-16-2-3-18(7)10-9(12)4-8(6-17-10)11(13,14)15;/h4,6-7,16H,2-3,5H2,1H3;1H/t7-;/m0./s1. The smallest absolute Gasteiger partial charge is 0.350 e. The summed E-state index contributed by atoms with van der Waals surface area (Å²) in [6, 6.07) is 1.08. The van der Waals surface area contributed by atoms with E-state index >= 15 is 0 Å². The van der Waals surface area contributed by atoms with E-state index in [1.54, 1.807) is 0 Å². The summed E-state index contributed by atoms with van der Waals surface area (Å²) in [6.45, 7) is 4.18. The van der Waals surface area contributed by atoms with E-state index in [-0.39, 0.29) is 23.5 Å². The largest absolute Gasteiger partial charge is 0.417 e. The summed E-state index contributed by atoms with van der Waals surface area (Å²) < 4.78 is 37.5. The molecule has 1 fully saturated rings. The van der Waals surface area contributed by atoms with Crippen LogP contribution in [0.2, 0.25) is 5.02 Å². The molecule has 1 saturated heterocycles. The van der Waals surface area contributed by atoms with E-state index in [2.05, 4.69) is 10.3 Å². The van der Waals surface area contributed by atoms with Gasteiger partial charge in [-0.1, -0.05) is 11.6 Å². The molecule has 0 spiro atoms. The Labute approximate surface area is 120 Å². The Morgan fingerprint density at radius 1 is 1.47 bits per heavy atom. The Hall–Kier alpha value is -0.720. The van der Waals surface area contributed by atoms with Crippen LogP contribution in [-0.2, 0) is 6.18 Å². The Kier molecular flexibility index (Phi) is 5.29. The quantitative estimate of drug-likeness (QED) is 0.863. The molecule has 2 rings (SSSR count). The van der Waals surface area contributed by atoms with Crippen LogP contribution < -0.4 is 10.2 Å². The minimum Gasteiger partial charge on any atom is -0.350 e. The van der Waals surface area contributed by atoms with Crippen molar-refractivity contribution in [2.24, 2.45) is 0 Å². The van der Waals surface area contributed by atoms with Crippen LogP contribution in [0.3, 0.4) is 0 Å². The number of rotatable bonds is 1. The first-order valence-corrected chi connectivity index (χ1v) is 5.97. The van der Waals surface area contributed by atoms with Crippen molar-refractivity contribution >= 4 is 29.8 Å². The van der Waals surface area contributed by atoms with E-state index in [1.807, 2.05) is 11.8 Å². The van der Waals surface area contributed by atoms with Crippen molar-refractivity contribution in [2.45, 2.75) is 19.1 Å². The molecule has 0 amide bonds. The fraction of sp³-hybridized carbons (Fsp3) is 0.545. The first-order chi connectivity index (χ1) is 8.39. The zero-order chi connectivity index (χ0) is 13.3. The number of aromatic nitrogens is 1. The second-order valence-corrected chi connectivity index (χ2v) is 4.68. The molecule has 0 aromatic carbocycles. The van der Waals surface area contributed by atoms with Gasteiger partial charge in [0.1, 0.15) is 5.82 Å². The molecule has 1 aromatic heterocycles. The lowest BCUT2D eigenvalue weighted by Crippen LogP contribution is -2.50. The Morgan fingerprint density at radius 3 is 2.68 bits per heavy atom. The molecule has 1 aliphatic rings. The van der Waals surface area contributed by atoms with E-state index in [1.165, 1.54) is 0 Å². The molecule has 1 atom stereocenters. The van der Waals surface area contributed by atoms with Crippen molar-refractivity contribution in [3.63, 3.8) is 0 Å². The summed E-state index contributed by atoms with van der Waals surface area (Å²) in [7, 11) is 0. The van der Waals surface area contributed by atoms with Crippen LogP contribution in [0, 0.1) is 0 Å². The van der Waals surface area contributed by atoms with E-state index in [0.29, 0.717) is 12.4 Å². The molecule has 2 heterocycles. The van der Waals surface area contributed by atoms with Crippen LogP contribution in [0.5, 0.6) is 0 Å². The van der Waals surface area contributed by atoms with Gasteiger partial charge in [0.2, 0.25) is 0 Å². The number of alkyl halides is 3. The topological polar surface area (TPSA) is 28.2 Å². The van der Waals surface area contributed by atoms with Gasteiger partial charge in [0.15, 0.2) is 0 Å². The third-order valence-electron chi connectivity index (χ3n) is 2.92. The number of pyridine rings is 1. The number of nitrogens with zero attached hydrogens (tertiary/aromatic N) is 2. The molecule has 0 bridgehead atoms. The van der Waals surface area contributed by atoms with Crippen LogP contribution in [-0.4, -0.2) is 30.7 Å². The first-order valence-electron chi connectivity index (χ1n) is 5.59. The zero-order valence-corrected chi connectivity index (χ0v) is 11.7. The second-order valence-electron chi connectivity index (χ2n) is 4.27. The van der Waals surface area contributed by atoms with Crippen LogP contribution in [0.4, 0.5) is 19.0 Å². The van der Waals surface area contributed by atoms with E-state index < -0.39 is 11.7 Å². The van der Waals surface area contributed by atoms with Crippen molar-refractivity contribution in [1.29, 1.82) is 0 Å². The number of nitrogens with one attached hydrogen (secondary N) is 1. The van der Waals surface area contributed by atoms with Crippen molar-refractivity contribution in [3.8, 4) is 0 Å². The molecule has 19 heavy (non-hydrogen) atoms. The van der Waals surface area contributed by atoms with Gasteiger partial charge < -0.3 is 10.2 Å². The molecule has 8 heteroatoms. The minimum atomic E-state index is -4.41. The minimum absolute atomic E-state index is 0. The van der Waals surface area contributed by atoms with Crippen LogP contribution in [0.1, 0.15) is 12.5 Å². The van der Waals surface area contributed by atoms with Crippen LogP contribution >= 0.6 is 24.0 Å². The van der Waals surface area contributed by atoms with Crippen LogP contribution in [0.25, 0.3) is 0 Å². The fourth-order valence-electron chi connectivity index (χ4n) is 1.95. The van der Waals surface area contributed by atoms with Crippen molar-refractivity contribution in [3.05, 3.63) is 22.8 Å². The fourth-order valence-corrected chi connectivity index (χ4v) is 2.23. The molecule has 108 valence electrons. The predicted molar refractivity (Wildman–Crippen MR) is 71.2 cm³/mol. The Bertz CT molecular complexity index is 440. The third-order valence-corrected chi connectivity index (χ3v) is 3.20. The van der Waals surface area contributed by atoms with Gasteiger partial charge in [-0.25, -0.2) is 4.98 Å². The Morgan fingerprint density at radius 2 is 2.16 bits per heavy atom. The summed E-state index contributed by atoms with van der Waals surface area (Å²) in [5, 5.41) is 3.24. The van der Waals surface area contributed by atoms with Gasteiger partial charge in [-0.3, -0.25) is 0 Å². The summed E-state index contributed by atoms with van der Waals surface area (Å²) in [5.41, 5.74) is -0.820. The monoisotopic (exact) mass is 315 g/mol. The molecule has 3 nitrogen and oxygen atoms in total. The molecule has 1 N–H and O–H groups in total. The number of piperazine rings is 1. The highest BCUT2D eigenvalue weighted by Crippen LogP contribution is 2.34. The molecule has 0 aliphatic carbocycles. The number of hydrogen-bond donors (Lipinski definition) is 1. The van der Waals surface area contributed by atoms with Gasteiger partial charge in [-0.15, -0.1) is 12.4 Å². The third kappa shape index (κ3) is 3.64. The van der Waals surface area contributed by atoms with Gasteiger partial charge in [-0.2, -0.15) is 13.2 Å². The highest BCUT2D eigenvalue weighted by molar-refractivity contribution is 6.33. The number of hydrogen-bond acceptors (Lipinski definition) is 3. The number of halogens is 5. The Balaban J connectivity index is 0.00000180. The van der Waals surface area contributed by atoms with Gasteiger partial charge in [0.25, 0.3) is 0 Å². The van der Waals surface area contributed by atoms with Gasteiger partial charge in [0.05, 0.1) is 10.6 Å². The molecule has 1 aliphatic heterocycles. The molecule has 0 radical (unpaired) electrons. The lowest BCUT2D eigenvalue weighted by Gasteiger charge is -2.35. The normalized spacial score (nSPS) is 20.1. The van der Waals surface area contributed by atoms with Crippen molar-refractivity contribution in [1.82, 2.24) is 10.3 Å². The molecular formula is C11H14Cl2F3N3. The second kappa shape index (κ2) is 6.15. The van der Waals surface area contributed by atoms with Crippen LogP contribution in [0.15, 0.2) is 12.3 Å². The first kappa shape index (κ1) is 16.3. The predicted octanol–water partition coefficient (Wildman–Crippen LogP) is 2.97. The maximum absolute atomic E-state index is 12.5. The van der Waals surface area contributed by atoms with Crippen molar-refractivity contribution in [2.75, 3.05) is 24.5 Å². The highest BCUT2D eigenvalue weighted by Gasteiger charge is 2.32. The summed E-state index contributed by atoms with van der Waals surface area (Å²) >= 11 is 5.91. The molecular weight excluding hydrogens is 302 g/mol. The highest BCUT2D eigenvalue weighted by atomic mass is 35.5. The lowest BCUT2D eigenvalue weighted by atomic mass is 10.2. The van der Waals surface area contributed by atoms with Gasteiger partial charge in [0, 0.05) is 31.9 Å². The van der Waals surface area contributed by atoms with Gasteiger partial charge >= 0.3 is 6.18 Å². The maximum Gasteiger partial charge on any atom is 0.417 e. The molecule has 1 aromatic rings. The van der Waals surface area contributed by atoms with E-state index in [0.717, 1.165) is 25.4 Å². The average Bonchev–Trinajstić information content (AvgIpc) is 2.29. The summed E-state index contributed by atoms with van der Waals surface area (Å²) in [5.74, 6) is 0.415. The average molecular weight is 316 g/mol. The molecule has 0 unspecified atom stereocenters. The van der Waals surface area contributed by atoms with E-state index in [4.69, 9.17) is 11.6 Å². The summed E-state index contributed by atoms with van der Waals surface area (Å²) in [4.78, 5) is 5.78. The molecule has 0 saturated carbocycles. The van der Waals surface area contributed by atoms with E-state index in [9.17, 15) is 13.2 Å². The SMILES string of the molecule is C[C@H]1CNCCN1c1ncc(C(F)(F)F)cc1Cl.Cl.